The molecule has 15 atom stereocenters. The Hall–Kier alpha value is -11.7. The van der Waals surface area contributed by atoms with Crippen molar-refractivity contribution in [3.63, 3.8) is 0 Å². The molecule has 9 heterocycles. The van der Waals surface area contributed by atoms with Crippen molar-refractivity contribution in [2.75, 3.05) is 104 Å². The van der Waals surface area contributed by atoms with Crippen LogP contribution in [0.1, 0.15) is 136 Å². The molecule has 2 aliphatic carbocycles. The molecule has 634 valence electrons. The summed E-state index contributed by atoms with van der Waals surface area (Å²) in [6.45, 7) is 15.5. The maximum Gasteiger partial charge on any atom is 0.338 e. The van der Waals surface area contributed by atoms with E-state index >= 15 is 4.79 Å². The second-order valence-corrected chi connectivity index (χ2v) is 33.7. The Bertz CT molecular complexity index is 5810. The molecule has 20 nitrogen and oxygen atoms in total. The third-order valence-corrected chi connectivity index (χ3v) is 27.4. The molecular weight excluding hydrogens is 1590 g/mol. The van der Waals surface area contributed by atoms with Gasteiger partial charge in [0.05, 0.1) is 44.5 Å². The summed E-state index contributed by atoms with van der Waals surface area (Å²) in [5.74, 6) is 35.5. The number of halogens is 2. The summed E-state index contributed by atoms with van der Waals surface area (Å²) in [7, 11) is 8.66. The van der Waals surface area contributed by atoms with Crippen LogP contribution >= 0.6 is 23.2 Å². The van der Waals surface area contributed by atoms with Crippen LogP contribution in [0.25, 0.3) is 10.9 Å². The summed E-state index contributed by atoms with van der Waals surface area (Å²) in [5, 5.41) is 28.9. The summed E-state index contributed by atoms with van der Waals surface area (Å²) in [6, 6.07) is 29.8. The molecule has 2 saturated heterocycles. The number of hydrogen-bond acceptors (Lipinski definition) is 19. The van der Waals surface area contributed by atoms with E-state index in [9.17, 15) is 29.4 Å². The van der Waals surface area contributed by atoms with Gasteiger partial charge >= 0.3 is 29.8 Å². The van der Waals surface area contributed by atoms with Crippen LogP contribution in [0.4, 0.5) is 11.4 Å². The van der Waals surface area contributed by atoms with Gasteiger partial charge in [0.25, 0.3) is 0 Å². The predicted octanol–water partition coefficient (Wildman–Crippen LogP) is 12.4. The molecule has 4 fully saturated rings. The number of benzene rings is 5. The van der Waals surface area contributed by atoms with Gasteiger partial charge in [-0.3, -0.25) is 29.1 Å². The molecule has 16 rings (SSSR count). The molecule has 2 spiro atoms. The topological polar surface area (TPSA) is 222 Å². The van der Waals surface area contributed by atoms with Gasteiger partial charge in [0, 0.05) is 150 Å². The highest BCUT2D eigenvalue weighted by molar-refractivity contribution is 6.31. The largest absolute Gasteiger partial charge is 0.497 e. The van der Waals surface area contributed by atoms with Crippen molar-refractivity contribution in [3.8, 4) is 107 Å². The second-order valence-electron chi connectivity index (χ2n) is 32.8. The summed E-state index contributed by atoms with van der Waals surface area (Å²) in [5.41, 5.74) is 1.39. The number of ether oxygens (including phenoxy) is 7. The third-order valence-electron chi connectivity index (χ3n) is 26.8. The van der Waals surface area contributed by atoms with E-state index in [0.717, 1.165) is 102 Å². The van der Waals surface area contributed by atoms with Gasteiger partial charge in [-0.2, -0.15) is 0 Å². The lowest BCUT2D eigenvalue weighted by Crippen LogP contribution is -2.80. The molecular formula is C101H102Cl2N6O14. The first-order chi connectivity index (χ1) is 58.8. The number of anilines is 2. The normalized spacial score (nSPS) is 28.5. The van der Waals surface area contributed by atoms with Crippen LogP contribution < -0.4 is 19.3 Å². The van der Waals surface area contributed by atoms with Crippen LogP contribution in [0.2, 0.25) is 10.0 Å². The molecule has 3 N–H and O–H groups in total. The van der Waals surface area contributed by atoms with E-state index in [0.29, 0.717) is 65.7 Å². The Labute approximate surface area is 731 Å². The monoisotopic (exact) mass is 1690 g/mol. The minimum atomic E-state index is -1.94. The first kappa shape index (κ1) is 89.0. The quantitative estimate of drug-likeness (QED) is 0.0376. The molecule has 0 radical (unpaired) electrons. The van der Waals surface area contributed by atoms with Crippen molar-refractivity contribution in [3.05, 3.63) is 188 Å². The number of esters is 5. The molecule has 6 aromatic rings. The number of carbonyl (C=O) groups is 5. The summed E-state index contributed by atoms with van der Waals surface area (Å²) in [6.07, 6.45) is 18.4. The lowest BCUT2D eigenvalue weighted by atomic mass is 9.47. The fourth-order valence-electron chi connectivity index (χ4n) is 22.7. The Balaban J connectivity index is 0.000000190. The number of carbonyl (C=O) groups excluding carboxylic acids is 5. The molecule has 5 aromatic carbocycles. The Morgan fingerprint density at radius 1 is 0.602 bits per heavy atom. The Kier molecular flexibility index (Phi) is 26.3. The number of terminal acetylenes is 1. The zero-order chi connectivity index (χ0) is 86.7. The number of methoxy groups -OCH3 is 3. The van der Waals surface area contributed by atoms with E-state index in [-0.39, 0.29) is 43.6 Å². The smallest absolute Gasteiger partial charge is 0.338 e. The van der Waals surface area contributed by atoms with Gasteiger partial charge in [0.15, 0.2) is 11.2 Å². The molecule has 2 bridgehead atoms. The van der Waals surface area contributed by atoms with E-state index < -0.39 is 93.1 Å². The number of H-pyrrole nitrogens is 1. The van der Waals surface area contributed by atoms with Crippen LogP contribution in [0.15, 0.2) is 139 Å². The van der Waals surface area contributed by atoms with E-state index in [1.54, 1.807) is 69.7 Å². The first-order valence-electron chi connectivity index (χ1n) is 41.2. The van der Waals surface area contributed by atoms with Crippen molar-refractivity contribution in [1.82, 2.24) is 19.7 Å². The minimum Gasteiger partial charge on any atom is -0.497 e. The highest BCUT2D eigenvalue weighted by Crippen LogP contribution is 2.70. The van der Waals surface area contributed by atoms with Gasteiger partial charge in [-0.15, -0.1) is 6.42 Å². The maximum absolute atomic E-state index is 15.4. The van der Waals surface area contributed by atoms with E-state index in [1.165, 1.54) is 26.5 Å². The van der Waals surface area contributed by atoms with Crippen LogP contribution in [0.3, 0.4) is 0 Å². The van der Waals surface area contributed by atoms with Gasteiger partial charge in [0.1, 0.15) is 42.3 Å². The van der Waals surface area contributed by atoms with Crippen molar-refractivity contribution >= 4 is 75.3 Å². The lowest BCUT2D eigenvalue weighted by Gasteiger charge is -2.64. The molecule has 10 aliphatic rings. The van der Waals surface area contributed by atoms with Gasteiger partial charge in [-0.05, 0) is 237 Å². The Morgan fingerprint density at radius 2 is 1.11 bits per heavy atom. The molecule has 1 aromatic heterocycles. The van der Waals surface area contributed by atoms with Crippen molar-refractivity contribution in [1.29, 1.82) is 0 Å². The SMILES string of the molecule is C.C#CC#CC#CC#CC#CC#CC#CC#CC.CCC1=C[C@@H]2CN(CCc3c([nH]c4ccccc34)[C@@](C(=O)OC)(c3cc4c(cc3OC)N(C)[C@H]3[C@@](O)(COC(=O)c5ccc(Cl)cc5)[C@H](OC(C)=O)[C@]5(CC)C=CCN6CC[C@]43C65)C2)C1.CC[C@]12C=CCN3CC[C@@]4(c5ccc(OC)cc5N(C)[C@H]4[C@@](O)(COC(=O)c4ccc(Cl)cc4)[C@@H]1OC(C)=O)C32. The number of aliphatic hydroxyl groups is 2. The predicted molar refractivity (Wildman–Crippen MR) is 475 cm³/mol. The van der Waals surface area contributed by atoms with Crippen LogP contribution in [-0.4, -0.2) is 202 Å². The minimum absolute atomic E-state index is 0. The number of para-hydroxylation sites is 1. The lowest BCUT2D eigenvalue weighted by molar-refractivity contribution is -0.228. The van der Waals surface area contributed by atoms with Crippen molar-refractivity contribution in [2.45, 2.75) is 158 Å². The highest BCUT2D eigenvalue weighted by Gasteiger charge is 2.80. The molecule has 8 aliphatic heterocycles. The number of nitrogens with zero attached hydrogens (tertiary/aromatic N) is 5. The Morgan fingerprint density at radius 3 is 1.59 bits per heavy atom. The number of likely N-dealkylation sites (N-methyl/N-ethyl adjacent to an activating group) is 2. The summed E-state index contributed by atoms with van der Waals surface area (Å²) >= 11 is 12.2. The second kappa shape index (κ2) is 36.4. The van der Waals surface area contributed by atoms with Crippen LogP contribution in [-0.2, 0) is 60.7 Å². The van der Waals surface area contributed by atoms with Crippen LogP contribution in [0, 0.1) is 112 Å². The van der Waals surface area contributed by atoms with Gasteiger partial charge in [0.2, 0.25) is 0 Å². The fraction of sp³-hybridized carbons (Fsp3) is 0.416. The molecule has 2 saturated carbocycles. The molecule has 3 unspecified atom stereocenters. The number of rotatable bonds is 15. The van der Waals surface area contributed by atoms with Crippen molar-refractivity contribution < 1.29 is 67.3 Å². The standard InChI is InChI=1S/C52H59ClN4O8.C31H35ClN2O6.C17H4.CH4/c1-7-32-24-33-27-51(48(60)63-6,43-37(18-22-56(28-32)29-33)36-12-9-10-13-40(36)54-43)39-25-38-41(26-42(39)62-5)55(4)46-50(38)20-23-57-21-11-19-49(8-2,45(50)57)47(65-31(3)58)52(46,61)30-64-44(59)34-14-16-35(53)17-15-34;1-5-29-13-6-15-34-16-14-30(26(29)34)23-12-11-22(38-4)17-24(23)33(3)27(30)31(37,28(29)40-19(2)35)18-39-25(36)20-7-9-21(32)10-8-20;1-3-5-7-9-11-13-15-17-16-14-12-10-8-6-4-2;/h9-17,19,24-26,33,45-47,54,61H,7-8,18,20-23,27-30H2,1-6H3;6-13,17,26-28,37H,5,14-16,18H2,1-4H3;1H,2H3;1H4/t33-,45?,46+,47+,49+,50+,51-,52-;26?,27-,28-,29-,30-,31+;;/m01../s1. The van der Waals surface area contributed by atoms with E-state index in [2.05, 4.69) is 194 Å². The van der Waals surface area contributed by atoms with E-state index in [4.69, 9.17) is 62.8 Å². The number of nitrogens with one attached hydrogen (secondary N) is 1. The van der Waals surface area contributed by atoms with Gasteiger partial charge < -0.3 is 58.2 Å². The number of aromatic amines is 1. The zero-order valence-corrected chi connectivity index (χ0v) is 71.9. The van der Waals surface area contributed by atoms with Crippen LogP contribution in [0.5, 0.6) is 11.5 Å². The van der Waals surface area contributed by atoms with Crippen molar-refractivity contribution in [2.24, 2.45) is 16.7 Å². The summed E-state index contributed by atoms with van der Waals surface area (Å²) in [4.78, 5) is 83.9. The number of fused-ring (bicyclic) bond motifs is 7. The van der Waals surface area contributed by atoms with Gasteiger partial charge in [-0.25, -0.2) is 9.59 Å². The molecule has 0 amide bonds. The molecule has 22 heteroatoms. The average Bonchev–Trinajstić information content (AvgIpc) is 1.49. The number of hydrogen-bond donors (Lipinski definition) is 3. The average molecular weight is 1690 g/mol. The van der Waals surface area contributed by atoms with Gasteiger partial charge in [-0.1, -0.05) is 118 Å². The zero-order valence-electron chi connectivity index (χ0n) is 70.4. The highest BCUT2D eigenvalue weighted by atomic mass is 35.5. The maximum atomic E-state index is 15.4. The number of aromatic nitrogens is 1. The van der Waals surface area contributed by atoms with E-state index in [1.807, 2.05) is 44.4 Å². The third kappa shape index (κ3) is 15.3. The summed E-state index contributed by atoms with van der Waals surface area (Å²) < 4.78 is 42.6. The molecule has 123 heavy (non-hydrogen) atoms. The first-order valence-corrected chi connectivity index (χ1v) is 41.9. The fourth-order valence-corrected chi connectivity index (χ4v) is 23.0.